The molecular weight excluding hydrogens is 152 g/mol. The molecule has 0 bridgehead atoms. The first-order valence-corrected chi connectivity index (χ1v) is 4.49. The van der Waals surface area contributed by atoms with Crippen LogP contribution in [-0.2, 0) is 4.79 Å². The van der Waals surface area contributed by atoms with E-state index in [-0.39, 0.29) is 11.6 Å². The maximum Gasteiger partial charge on any atom is 0.248 e. The predicted molar refractivity (Wildman–Crippen MR) is 46.5 cm³/mol. The van der Waals surface area contributed by atoms with Crippen LogP contribution in [0.1, 0.15) is 26.2 Å². The van der Waals surface area contributed by atoms with Crippen LogP contribution >= 0.6 is 0 Å². The number of amides is 1. The number of nitrogens with one attached hydrogen (secondary N) is 2. The highest BCUT2D eigenvalue weighted by atomic mass is 16.2. The van der Waals surface area contributed by atoms with Gasteiger partial charge in [0, 0.05) is 5.57 Å². The summed E-state index contributed by atoms with van der Waals surface area (Å²) >= 11 is 0. The number of hydrogen-bond donors (Lipinski definition) is 2. The lowest BCUT2D eigenvalue weighted by Crippen LogP contribution is -2.56. The van der Waals surface area contributed by atoms with E-state index >= 15 is 0 Å². The molecule has 3 nitrogen and oxygen atoms in total. The molecule has 0 radical (unpaired) electrons. The molecule has 1 atom stereocenters. The molecule has 3 heteroatoms. The van der Waals surface area contributed by atoms with Crippen LogP contribution in [0.4, 0.5) is 0 Å². The third kappa shape index (κ3) is 1.14. The van der Waals surface area contributed by atoms with Crippen molar-refractivity contribution in [3.8, 4) is 0 Å². The van der Waals surface area contributed by atoms with Crippen LogP contribution in [0.2, 0.25) is 0 Å². The lowest BCUT2D eigenvalue weighted by molar-refractivity contribution is -0.118. The van der Waals surface area contributed by atoms with Crippen molar-refractivity contribution in [2.75, 3.05) is 6.54 Å². The van der Waals surface area contributed by atoms with Gasteiger partial charge in [-0.2, -0.15) is 0 Å². The summed E-state index contributed by atoms with van der Waals surface area (Å²) in [4.78, 5) is 11.2. The minimum atomic E-state index is -0.195. The number of carbonyl (C=O) groups is 1. The van der Waals surface area contributed by atoms with Gasteiger partial charge >= 0.3 is 0 Å². The minimum absolute atomic E-state index is 0.0735. The lowest BCUT2D eigenvalue weighted by atomic mass is 9.98. The van der Waals surface area contributed by atoms with Crippen molar-refractivity contribution in [1.29, 1.82) is 0 Å². The Morgan fingerprint density at radius 3 is 2.83 bits per heavy atom. The van der Waals surface area contributed by atoms with Crippen LogP contribution in [0, 0.1) is 0 Å². The molecule has 0 saturated carbocycles. The maximum atomic E-state index is 11.2. The van der Waals surface area contributed by atoms with Gasteiger partial charge in [0.15, 0.2) is 0 Å². The van der Waals surface area contributed by atoms with E-state index in [1.165, 1.54) is 12.8 Å². The Kier molecular flexibility index (Phi) is 1.68. The molecule has 1 fully saturated rings. The summed E-state index contributed by atoms with van der Waals surface area (Å²) in [5.41, 5.74) is 0.642. The van der Waals surface area contributed by atoms with Gasteiger partial charge in [0.1, 0.15) is 5.66 Å². The molecule has 66 valence electrons. The van der Waals surface area contributed by atoms with Crippen molar-refractivity contribution in [2.45, 2.75) is 31.8 Å². The molecule has 1 amide bonds. The number of hydrogen-bond acceptors (Lipinski definition) is 2. The Bertz CT molecular complexity index is 239. The van der Waals surface area contributed by atoms with E-state index in [2.05, 4.69) is 10.6 Å². The van der Waals surface area contributed by atoms with Gasteiger partial charge in [-0.05, 0) is 38.8 Å². The summed E-state index contributed by atoms with van der Waals surface area (Å²) in [7, 11) is 0. The first-order valence-electron chi connectivity index (χ1n) is 4.49. The SMILES string of the molecule is CC1=C[C@]2(CCCCN2)NC1=O. The third-order valence-corrected chi connectivity index (χ3v) is 2.60. The third-order valence-electron chi connectivity index (χ3n) is 2.60. The van der Waals surface area contributed by atoms with Crippen molar-refractivity contribution < 1.29 is 4.79 Å². The molecule has 1 spiro atoms. The molecule has 0 aromatic carbocycles. The zero-order chi connectivity index (χ0) is 8.60. The van der Waals surface area contributed by atoms with Crippen molar-refractivity contribution in [3.05, 3.63) is 11.6 Å². The molecular formula is C9H14N2O. The van der Waals surface area contributed by atoms with Crippen LogP contribution in [0.3, 0.4) is 0 Å². The minimum Gasteiger partial charge on any atom is -0.331 e. The Morgan fingerprint density at radius 1 is 1.50 bits per heavy atom. The molecule has 2 aliphatic rings. The van der Waals surface area contributed by atoms with Gasteiger partial charge in [0.05, 0.1) is 0 Å². The fraction of sp³-hybridized carbons (Fsp3) is 0.667. The summed E-state index contributed by atoms with van der Waals surface area (Å²) in [5.74, 6) is 0.0735. The van der Waals surface area contributed by atoms with Crippen LogP contribution in [-0.4, -0.2) is 18.1 Å². The van der Waals surface area contributed by atoms with Crippen LogP contribution < -0.4 is 10.6 Å². The van der Waals surface area contributed by atoms with Gasteiger partial charge in [-0.25, -0.2) is 0 Å². The van der Waals surface area contributed by atoms with Gasteiger partial charge in [0.2, 0.25) is 5.91 Å². The smallest absolute Gasteiger partial charge is 0.248 e. The predicted octanol–water partition coefficient (Wildman–Crippen LogP) is 0.532. The first-order chi connectivity index (χ1) is 5.72. The standard InChI is InChI=1S/C9H14N2O/c1-7-6-9(11-8(7)12)4-2-3-5-10-9/h6,10H,2-5H2,1H3,(H,11,12)/t9-/m0/s1. The fourth-order valence-electron chi connectivity index (χ4n) is 1.93. The van der Waals surface area contributed by atoms with E-state index in [0.29, 0.717) is 0 Å². The Morgan fingerprint density at radius 2 is 2.33 bits per heavy atom. The molecule has 2 aliphatic heterocycles. The summed E-state index contributed by atoms with van der Waals surface area (Å²) in [5, 5.41) is 6.32. The molecule has 0 unspecified atom stereocenters. The van der Waals surface area contributed by atoms with Crippen molar-refractivity contribution >= 4 is 5.91 Å². The van der Waals surface area contributed by atoms with Gasteiger partial charge in [0.25, 0.3) is 0 Å². The lowest BCUT2D eigenvalue weighted by Gasteiger charge is -2.33. The second kappa shape index (κ2) is 2.59. The monoisotopic (exact) mass is 166 g/mol. The van der Waals surface area contributed by atoms with Crippen molar-refractivity contribution in [1.82, 2.24) is 10.6 Å². The zero-order valence-corrected chi connectivity index (χ0v) is 7.31. The Balaban J connectivity index is 2.18. The number of carbonyl (C=O) groups excluding carboxylic acids is 1. The van der Waals surface area contributed by atoms with Crippen LogP contribution in [0.5, 0.6) is 0 Å². The molecule has 2 N–H and O–H groups in total. The summed E-state index contributed by atoms with van der Waals surface area (Å²) < 4.78 is 0. The highest BCUT2D eigenvalue weighted by molar-refractivity contribution is 5.96. The topological polar surface area (TPSA) is 41.1 Å². The van der Waals surface area contributed by atoms with E-state index < -0.39 is 0 Å². The first kappa shape index (κ1) is 7.80. The highest BCUT2D eigenvalue weighted by Crippen LogP contribution is 2.24. The Hall–Kier alpha value is -0.830. The summed E-state index contributed by atoms with van der Waals surface area (Å²) in [6.07, 6.45) is 5.45. The van der Waals surface area contributed by atoms with E-state index in [4.69, 9.17) is 0 Å². The highest BCUT2D eigenvalue weighted by Gasteiger charge is 2.36. The maximum absolute atomic E-state index is 11.2. The van der Waals surface area contributed by atoms with Gasteiger partial charge in [-0.15, -0.1) is 0 Å². The molecule has 0 aromatic heterocycles. The summed E-state index contributed by atoms with van der Waals surface area (Å²) in [6, 6.07) is 0. The quantitative estimate of drug-likeness (QED) is 0.551. The van der Waals surface area contributed by atoms with Crippen molar-refractivity contribution in [2.24, 2.45) is 0 Å². The largest absolute Gasteiger partial charge is 0.331 e. The second-order valence-corrected chi connectivity index (χ2v) is 3.64. The molecule has 2 rings (SSSR count). The van der Waals surface area contributed by atoms with E-state index in [0.717, 1.165) is 18.5 Å². The second-order valence-electron chi connectivity index (χ2n) is 3.64. The van der Waals surface area contributed by atoms with Gasteiger partial charge in [-0.3, -0.25) is 10.1 Å². The van der Waals surface area contributed by atoms with E-state index in [1.54, 1.807) is 0 Å². The molecule has 0 aliphatic carbocycles. The van der Waals surface area contributed by atoms with E-state index in [1.807, 2.05) is 13.0 Å². The number of piperidine rings is 1. The molecule has 2 heterocycles. The zero-order valence-electron chi connectivity index (χ0n) is 7.31. The molecule has 1 saturated heterocycles. The molecule has 0 aromatic rings. The fourth-order valence-corrected chi connectivity index (χ4v) is 1.93. The van der Waals surface area contributed by atoms with Gasteiger partial charge in [-0.1, -0.05) is 0 Å². The van der Waals surface area contributed by atoms with Crippen LogP contribution in [0.25, 0.3) is 0 Å². The van der Waals surface area contributed by atoms with Gasteiger partial charge < -0.3 is 5.32 Å². The number of rotatable bonds is 0. The Labute approximate surface area is 72.2 Å². The summed E-state index contributed by atoms with van der Waals surface area (Å²) in [6.45, 7) is 2.87. The normalized spacial score (nSPS) is 35.1. The van der Waals surface area contributed by atoms with Crippen molar-refractivity contribution in [3.63, 3.8) is 0 Å². The van der Waals surface area contributed by atoms with E-state index in [9.17, 15) is 4.79 Å². The average Bonchev–Trinajstić information content (AvgIpc) is 2.29. The molecule has 12 heavy (non-hydrogen) atoms. The van der Waals surface area contributed by atoms with Crippen LogP contribution in [0.15, 0.2) is 11.6 Å². The average molecular weight is 166 g/mol.